The Kier molecular flexibility index (Phi) is 33.8. The first-order valence-corrected chi connectivity index (χ1v) is 26.7. The highest BCUT2D eigenvalue weighted by Gasteiger charge is 2.51. The number of hydrogen-bond acceptors (Lipinski definition) is 13. The molecular weight excluding hydrogens is 868 g/mol. The summed E-state index contributed by atoms with van der Waals surface area (Å²) in [6, 6.07) is 0. The maximum Gasteiger partial charge on any atom is 0.472 e. The van der Waals surface area contributed by atoms with Crippen LogP contribution in [0.15, 0.2) is 60.8 Å². The van der Waals surface area contributed by atoms with Crippen LogP contribution in [-0.2, 0) is 37.4 Å². The second-order valence-corrected chi connectivity index (χ2v) is 19.1. The van der Waals surface area contributed by atoms with Gasteiger partial charge >= 0.3 is 19.8 Å². The summed E-state index contributed by atoms with van der Waals surface area (Å²) in [6.45, 7) is 3.19. The topological polar surface area (TPSA) is 222 Å². The van der Waals surface area contributed by atoms with Gasteiger partial charge in [0.05, 0.1) is 18.8 Å². The minimum Gasteiger partial charge on any atom is -0.462 e. The lowest BCUT2D eigenvalue weighted by atomic mass is 9.85. The van der Waals surface area contributed by atoms with Crippen molar-refractivity contribution < 1.29 is 67.8 Å². The molecule has 5 unspecified atom stereocenters. The van der Waals surface area contributed by atoms with E-state index in [1.165, 1.54) is 70.6 Å². The van der Waals surface area contributed by atoms with Crippen LogP contribution < -0.4 is 0 Å². The number of unbranched alkanes of at least 4 members (excludes halogenated alkanes) is 15. The van der Waals surface area contributed by atoms with Crippen molar-refractivity contribution >= 4 is 19.8 Å². The van der Waals surface area contributed by atoms with E-state index in [0.717, 1.165) is 64.2 Å². The first-order valence-electron chi connectivity index (χ1n) is 25.2. The molecule has 10 atom stereocenters. The zero-order valence-corrected chi connectivity index (χ0v) is 41.1. The SMILES string of the molecule is CCCCC/C=C\C/C=C\C/C=C\CC1OC1CCCC(=O)O[C@H](COC(=O)CCCCCCCCCCC/C=C\C/C=C\CCCCC)COP(=O)(O)OC1[C@H](O)[C@H](O)C(O)[C@H](O)[C@H]1O. The number of allylic oxidation sites excluding steroid dienone is 9. The van der Waals surface area contributed by atoms with Crippen molar-refractivity contribution in [3.63, 3.8) is 0 Å². The Balaban J connectivity index is 1.71. The molecule has 0 aromatic rings. The number of phosphoric ester groups is 1. The quantitative estimate of drug-likeness (QED) is 0.0111. The Labute approximate surface area is 396 Å². The Morgan fingerprint density at radius 1 is 0.545 bits per heavy atom. The van der Waals surface area contributed by atoms with Crippen molar-refractivity contribution in [1.82, 2.24) is 0 Å². The molecule has 2 aliphatic rings. The summed E-state index contributed by atoms with van der Waals surface area (Å²) < 4.78 is 39.4. The van der Waals surface area contributed by atoms with Crippen molar-refractivity contribution in [1.29, 1.82) is 0 Å². The number of epoxide rings is 1. The molecule has 1 aliphatic heterocycles. The lowest BCUT2D eigenvalue weighted by molar-refractivity contribution is -0.220. The summed E-state index contributed by atoms with van der Waals surface area (Å²) in [4.78, 5) is 35.9. The largest absolute Gasteiger partial charge is 0.472 e. The minimum atomic E-state index is -5.15. The molecule has 0 amide bonds. The summed E-state index contributed by atoms with van der Waals surface area (Å²) in [7, 11) is -5.15. The zero-order chi connectivity index (χ0) is 48.3. The Morgan fingerprint density at radius 3 is 1.55 bits per heavy atom. The van der Waals surface area contributed by atoms with Crippen LogP contribution in [0.4, 0.5) is 0 Å². The van der Waals surface area contributed by atoms with Gasteiger partial charge in [-0.25, -0.2) is 4.57 Å². The monoisotopic (exact) mass is 955 g/mol. The fraction of sp³-hybridized carbons (Fsp3) is 0.765. The molecule has 380 valence electrons. The van der Waals surface area contributed by atoms with Gasteiger partial charge in [0.15, 0.2) is 6.10 Å². The van der Waals surface area contributed by atoms with Gasteiger partial charge < -0.3 is 44.6 Å². The van der Waals surface area contributed by atoms with Gasteiger partial charge in [0.2, 0.25) is 0 Å². The van der Waals surface area contributed by atoms with Crippen LogP contribution in [0.3, 0.4) is 0 Å². The molecule has 6 N–H and O–H groups in total. The predicted molar refractivity (Wildman–Crippen MR) is 257 cm³/mol. The van der Waals surface area contributed by atoms with Gasteiger partial charge in [-0.3, -0.25) is 18.6 Å². The Bertz CT molecular complexity index is 1450. The van der Waals surface area contributed by atoms with E-state index in [1.807, 2.05) is 0 Å². The van der Waals surface area contributed by atoms with E-state index in [2.05, 4.69) is 74.6 Å². The summed E-state index contributed by atoms with van der Waals surface area (Å²) in [5, 5.41) is 50.3. The van der Waals surface area contributed by atoms with Gasteiger partial charge in [-0.1, -0.05) is 145 Å². The normalized spacial score (nSPS) is 24.8. The molecule has 66 heavy (non-hydrogen) atoms. The van der Waals surface area contributed by atoms with Crippen LogP contribution in [0.5, 0.6) is 0 Å². The number of rotatable bonds is 40. The molecule has 1 saturated carbocycles. The van der Waals surface area contributed by atoms with E-state index in [1.54, 1.807) is 0 Å². The van der Waals surface area contributed by atoms with Gasteiger partial charge in [-0.05, 0) is 83.5 Å². The summed E-state index contributed by atoms with van der Waals surface area (Å²) in [6.07, 6.45) is 34.2. The summed E-state index contributed by atoms with van der Waals surface area (Å²) >= 11 is 0. The van der Waals surface area contributed by atoms with Crippen molar-refractivity contribution in [3.05, 3.63) is 60.8 Å². The van der Waals surface area contributed by atoms with E-state index in [9.17, 15) is 44.6 Å². The van der Waals surface area contributed by atoms with Crippen LogP contribution in [-0.4, -0.2) is 111 Å². The van der Waals surface area contributed by atoms with Crippen molar-refractivity contribution in [2.75, 3.05) is 13.2 Å². The van der Waals surface area contributed by atoms with E-state index < -0.39 is 75.7 Å². The van der Waals surface area contributed by atoms with Crippen molar-refractivity contribution in [3.8, 4) is 0 Å². The van der Waals surface area contributed by atoms with Crippen LogP contribution in [0, 0.1) is 0 Å². The molecule has 15 heteroatoms. The second kappa shape index (κ2) is 37.4. The third-order valence-electron chi connectivity index (χ3n) is 11.8. The highest BCUT2D eigenvalue weighted by Crippen LogP contribution is 2.47. The molecule has 0 aromatic carbocycles. The summed E-state index contributed by atoms with van der Waals surface area (Å²) in [5.41, 5.74) is 0. The number of esters is 2. The number of carbonyl (C=O) groups is 2. The van der Waals surface area contributed by atoms with Gasteiger partial charge in [-0.2, -0.15) is 0 Å². The number of phosphoric acid groups is 1. The Hall–Kier alpha value is -2.49. The van der Waals surface area contributed by atoms with Crippen LogP contribution >= 0.6 is 7.82 Å². The molecule has 14 nitrogen and oxygen atoms in total. The fourth-order valence-electron chi connectivity index (χ4n) is 7.58. The van der Waals surface area contributed by atoms with Crippen molar-refractivity contribution in [2.24, 2.45) is 0 Å². The molecule has 2 rings (SSSR count). The average Bonchev–Trinajstić information content (AvgIpc) is 4.06. The molecule has 1 saturated heterocycles. The standard InChI is InChI=1S/C51H87O14P/c1-3-5-7-9-11-13-15-17-18-19-20-21-22-23-25-27-29-31-33-37-44(52)61-39-41(40-62-66(59,60)65-51-49(57)47(55)46(54)48(56)50(51)58)63-45(53)38-34-36-43-42(64-43)35-32-30-28-26-24-16-14-12-10-8-6-4-2/h11-14,17-18,24,26,30,32,41-43,46-51,54-58H,3-10,15-16,19-23,25,27-29,31,33-40H2,1-2H3,(H,59,60)/b13-11-,14-12-,18-17-,26-24-,32-30-/t41-,42?,43?,46?,47-,48+,49-,50-,51?/m1/s1. The van der Waals surface area contributed by atoms with E-state index >= 15 is 0 Å². The molecule has 2 fully saturated rings. The molecule has 1 heterocycles. The van der Waals surface area contributed by atoms with Crippen LogP contribution in [0.2, 0.25) is 0 Å². The highest BCUT2D eigenvalue weighted by atomic mass is 31.2. The van der Waals surface area contributed by atoms with Gasteiger partial charge in [0, 0.05) is 12.8 Å². The second-order valence-electron chi connectivity index (χ2n) is 17.7. The highest BCUT2D eigenvalue weighted by molar-refractivity contribution is 7.47. The molecule has 0 bridgehead atoms. The molecule has 0 aromatic heterocycles. The number of ether oxygens (including phenoxy) is 3. The van der Waals surface area contributed by atoms with Gasteiger partial charge in [0.25, 0.3) is 0 Å². The molecular formula is C51H87O14P. The van der Waals surface area contributed by atoms with Crippen molar-refractivity contribution in [2.45, 2.75) is 236 Å². The van der Waals surface area contributed by atoms with Crippen LogP contribution in [0.25, 0.3) is 0 Å². The lowest BCUT2D eigenvalue weighted by Gasteiger charge is -2.41. The maximum atomic E-state index is 12.9. The van der Waals surface area contributed by atoms with Crippen LogP contribution in [0.1, 0.15) is 181 Å². The molecule has 0 radical (unpaired) electrons. The predicted octanol–water partition coefficient (Wildman–Crippen LogP) is 9.49. The lowest BCUT2D eigenvalue weighted by Crippen LogP contribution is -2.64. The Morgan fingerprint density at radius 2 is 1.00 bits per heavy atom. The first kappa shape index (κ1) is 59.6. The van der Waals surface area contributed by atoms with E-state index in [4.69, 9.17) is 23.3 Å². The maximum absolute atomic E-state index is 12.9. The smallest absolute Gasteiger partial charge is 0.462 e. The number of aliphatic hydroxyl groups excluding tert-OH is 5. The average molecular weight is 955 g/mol. The third kappa shape index (κ3) is 28.7. The van der Waals surface area contributed by atoms with Gasteiger partial charge in [-0.15, -0.1) is 0 Å². The molecule has 0 spiro atoms. The third-order valence-corrected chi connectivity index (χ3v) is 12.7. The zero-order valence-electron chi connectivity index (χ0n) is 40.2. The number of carbonyl (C=O) groups excluding carboxylic acids is 2. The fourth-order valence-corrected chi connectivity index (χ4v) is 8.55. The van der Waals surface area contributed by atoms with E-state index in [-0.39, 0.29) is 25.0 Å². The number of hydrogen-bond donors (Lipinski definition) is 6. The number of aliphatic hydroxyl groups is 5. The van der Waals surface area contributed by atoms with Gasteiger partial charge in [0.1, 0.15) is 43.2 Å². The molecule has 1 aliphatic carbocycles. The first-order chi connectivity index (χ1) is 31.9. The van der Waals surface area contributed by atoms with E-state index in [0.29, 0.717) is 19.3 Å². The minimum absolute atomic E-state index is 0.00522. The summed E-state index contributed by atoms with van der Waals surface area (Å²) in [5.74, 6) is -1.18.